The molecule has 1 amide bonds. The second-order valence-corrected chi connectivity index (χ2v) is 8.76. The van der Waals surface area contributed by atoms with Gasteiger partial charge >= 0.3 is 12.3 Å². The third-order valence-electron chi connectivity index (χ3n) is 6.17. The van der Waals surface area contributed by atoms with Gasteiger partial charge in [0.2, 0.25) is 0 Å². The Kier molecular flexibility index (Phi) is 6.61. The van der Waals surface area contributed by atoms with Crippen molar-refractivity contribution in [3.05, 3.63) is 113 Å². The Morgan fingerprint density at radius 1 is 0.846 bits per heavy atom. The maximum absolute atomic E-state index is 13.3. The van der Waals surface area contributed by atoms with Crippen molar-refractivity contribution in [2.24, 2.45) is 0 Å². The van der Waals surface area contributed by atoms with E-state index < -0.39 is 35.6 Å². The second-order valence-electron chi connectivity index (χ2n) is 8.76. The number of hydrogen-bond donors (Lipinski definition) is 1. The number of hydrogen-bond acceptors (Lipinski definition) is 6. The fourth-order valence-electron chi connectivity index (χ4n) is 4.36. The number of alkyl halides is 3. The first-order valence-electron chi connectivity index (χ1n) is 11.8. The summed E-state index contributed by atoms with van der Waals surface area (Å²) in [5.74, 6) is -2.80. The van der Waals surface area contributed by atoms with Gasteiger partial charge in [-0.05, 0) is 47.9 Å². The van der Waals surface area contributed by atoms with Crippen LogP contribution in [-0.2, 0) is 9.59 Å². The van der Waals surface area contributed by atoms with Crippen molar-refractivity contribution in [1.82, 2.24) is 10.2 Å². The van der Waals surface area contributed by atoms with Gasteiger partial charge in [0.1, 0.15) is 11.5 Å². The van der Waals surface area contributed by atoms with Crippen LogP contribution in [0.4, 0.5) is 19.0 Å². The van der Waals surface area contributed by atoms with Crippen molar-refractivity contribution in [3.63, 3.8) is 0 Å². The molecule has 1 fully saturated rings. The van der Waals surface area contributed by atoms with E-state index in [1.54, 1.807) is 37.3 Å². The number of rotatable bonds is 5. The lowest BCUT2D eigenvalue weighted by atomic mass is 9.94. The van der Waals surface area contributed by atoms with E-state index in [0.717, 1.165) is 28.2 Å². The van der Waals surface area contributed by atoms with E-state index in [0.29, 0.717) is 5.69 Å². The van der Waals surface area contributed by atoms with Gasteiger partial charge in [0.15, 0.2) is 5.82 Å². The van der Waals surface area contributed by atoms with E-state index in [-0.39, 0.29) is 22.5 Å². The number of amides is 1. The van der Waals surface area contributed by atoms with Gasteiger partial charge in [-0.25, -0.2) is 0 Å². The molecule has 4 aromatic rings. The summed E-state index contributed by atoms with van der Waals surface area (Å²) in [5.41, 5.74) is 2.70. The Morgan fingerprint density at radius 2 is 1.49 bits per heavy atom. The SMILES string of the molecule is Cc1ccc(N2C(=O)C(=O)C(=C(O)c3ccc(-c4ccccc4)cc3)C2c2ccc(OC(F)(F)F)cc2)nn1. The summed E-state index contributed by atoms with van der Waals surface area (Å²) in [5, 5.41) is 19.3. The molecular formula is C29H20F3N3O4. The number of anilines is 1. The molecule has 3 aromatic carbocycles. The van der Waals surface area contributed by atoms with E-state index in [2.05, 4.69) is 14.9 Å². The highest BCUT2D eigenvalue weighted by Crippen LogP contribution is 2.42. The highest BCUT2D eigenvalue weighted by atomic mass is 19.4. The highest BCUT2D eigenvalue weighted by Gasteiger charge is 2.47. The summed E-state index contributed by atoms with van der Waals surface area (Å²) < 4.78 is 42.0. The van der Waals surface area contributed by atoms with Crippen molar-refractivity contribution in [3.8, 4) is 16.9 Å². The molecule has 1 aromatic heterocycles. The maximum Gasteiger partial charge on any atom is 0.573 e. The van der Waals surface area contributed by atoms with E-state index in [1.807, 2.05) is 30.3 Å². The van der Waals surface area contributed by atoms with Crippen LogP contribution in [0.15, 0.2) is 96.6 Å². The molecule has 1 atom stereocenters. The quantitative estimate of drug-likeness (QED) is 0.194. The van der Waals surface area contributed by atoms with Crippen molar-refractivity contribution < 1.29 is 32.6 Å². The van der Waals surface area contributed by atoms with Crippen LogP contribution in [0.1, 0.15) is 22.9 Å². The number of ether oxygens (including phenoxy) is 1. The predicted molar refractivity (Wildman–Crippen MR) is 137 cm³/mol. The van der Waals surface area contributed by atoms with Crippen LogP contribution in [0.25, 0.3) is 16.9 Å². The Morgan fingerprint density at radius 3 is 2.08 bits per heavy atom. The number of ketones is 1. The topological polar surface area (TPSA) is 92.6 Å². The maximum atomic E-state index is 13.3. The van der Waals surface area contributed by atoms with Crippen LogP contribution in [0, 0.1) is 6.92 Å². The van der Waals surface area contributed by atoms with E-state index in [9.17, 15) is 27.9 Å². The second kappa shape index (κ2) is 10.1. The largest absolute Gasteiger partial charge is 0.573 e. The fraction of sp³-hybridized carbons (Fsp3) is 0.103. The molecule has 7 nitrogen and oxygen atoms in total. The predicted octanol–water partition coefficient (Wildman–Crippen LogP) is 5.98. The molecule has 0 saturated carbocycles. The van der Waals surface area contributed by atoms with Gasteiger partial charge in [-0.2, -0.15) is 5.10 Å². The molecule has 1 saturated heterocycles. The first-order chi connectivity index (χ1) is 18.6. The number of benzene rings is 3. The normalized spacial score (nSPS) is 16.9. The molecule has 5 rings (SSSR count). The van der Waals surface area contributed by atoms with Gasteiger partial charge in [0.05, 0.1) is 17.3 Å². The monoisotopic (exact) mass is 531 g/mol. The van der Waals surface area contributed by atoms with Crippen molar-refractivity contribution in [2.75, 3.05) is 4.90 Å². The van der Waals surface area contributed by atoms with Crippen LogP contribution < -0.4 is 9.64 Å². The smallest absolute Gasteiger partial charge is 0.507 e. The molecule has 196 valence electrons. The lowest BCUT2D eigenvalue weighted by Crippen LogP contribution is -2.30. The zero-order valence-corrected chi connectivity index (χ0v) is 20.4. The summed E-state index contributed by atoms with van der Waals surface area (Å²) >= 11 is 0. The lowest BCUT2D eigenvalue weighted by molar-refractivity contribution is -0.274. The van der Waals surface area contributed by atoms with Gasteiger partial charge in [-0.1, -0.05) is 66.7 Å². The Balaban J connectivity index is 1.61. The van der Waals surface area contributed by atoms with Gasteiger partial charge < -0.3 is 9.84 Å². The zero-order valence-electron chi connectivity index (χ0n) is 20.4. The first kappa shape index (κ1) is 25.7. The number of aromatic nitrogens is 2. The summed E-state index contributed by atoms with van der Waals surface area (Å²) in [4.78, 5) is 27.5. The first-order valence-corrected chi connectivity index (χ1v) is 11.8. The molecule has 0 bridgehead atoms. The van der Waals surface area contributed by atoms with Crippen LogP contribution in [0.3, 0.4) is 0 Å². The number of aliphatic hydroxyl groups is 1. The number of aliphatic hydroxyl groups excluding tert-OH is 1. The van der Waals surface area contributed by atoms with Crippen LogP contribution >= 0.6 is 0 Å². The molecule has 1 aliphatic rings. The number of nitrogens with zero attached hydrogens (tertiary/aromatic N) is 3. The van der Waals surface area contributed by atoms with Crippen LogP contribution in [-0.4, -0.2) is 33.4 Å². The summed E-state index contributed by atoms with van der Waals surface area (Å²) in [7, 11) is 0. The summed E-state index contributed by atoms with van der Waals surface area (Å²) in [6.45, 7) is 1.70. The number of Topliss-reactive ketones (excluding diaryl/α,β-unsaturated/α-hetero) is 1. The third kappa shape index (κ3) is 5.22. The lowest BCUT2D eigenvalue weighted by Gasteiger charge is -2.24. The summed E-state index contributed by atoms with van der Waals surface area (Å²) in [6, 6.07) is 22.9. The Hall–Kier alpha value is -4.99. The molecular weight excluding hydrogens is 511 g/mol. The number of carbonyl (C=O) groups is 2. The standard InChI is InChI=1S/C29H20F3N3O4/c1-17-7-16-23(34-33-17)35-25(20-12-14-22(15-13-20)39-29(30,31)32)24(27(37)28(35)38)26(36)21-10-8-19(9-11-21)18-5-3-2-4-6-18/h2-16,25,36H,1H3. The van der Waals surface area contributed by atoms with Crippen molar-refractivity contribution >= 4 is 23.3 Å². The molecule has 0 radical (unpaired) electrons. The van der Waals surface area contributed by atoms with E-state index in [4.69, 9.17) is 0 Å². The van der Waals surface area contributed by atoms with Gasteiger partial charge in [0.25, 0.3) is 5.78 Å². The Labute approximate surface area is 220 Å². The Bertz CT molecular complexity index is 1550. The molecule has 1 aliphatic heterocycles. The number of aryl methyl sites for hydroxylation is 1. The minimum atomic E-state index is -4.89. The fourth-order valence-corrected chi connectivity index (χ4v) is 4.36. The highest BCUT2D eigenvalue weighted by molar-refractivity contribution is 6.51. The van der Waals surface area contributed by atoms with Gasteiger partial charge in [-0.3, -0.25) is 14.5 Å². The molecule has 2 heterocycles. The molecule has 1 unspecified atom stereocenters. The number of carbonyl (C=O) groups excluding carboxylic acids is 2. The average molecular weight is 531 g/mol. The van der Waals surface area contributed by atoms with Crippen molar-refractivity contribution in [2.45, 2.75) is 19.3 Å². The van der Waals surface area contributed by atoms with Crippen LogP contribution in [0.5, 0.6) is 5.75 Å². The van der Waals surface area contributed by atoms with E-state index in [1.165, 1.54) is 18.2 Å². The summed E-state index contributed by atoms with van der Waals surface area (Å²) in [6.07, 6.45) is -4.89. The average Bonchev–Trinajstić information content (AvgIpc) is 3.19. The van der Waals surface area contributed by atoms with E-state index >= 15 is 0 Å². The third-order valence-corrected chi connectivity index (χ3v) is 6.17. The zero-order chi connectivity index (χ0) is 27.7. The molecule has 1 N–H and O–H groups in total. The molecule has 0 aliphatic carbocycles. The van der Waals surface area contributed by atoms with Gasteiger partial charge in [0, 0.05) is 5.56 Å². The molecule has 0 spiro atoms. The van der Waals surface area contributed by atoms with Crippen LogP contribution in [0.2, 0.25) is 0 Å². The minimum absolute atomic E-state index is 0.0433. The minimum Gasteiger partial charge on any atom is -0.507 e. The molecule has 10 heteroatoms. The number of halogens is 3. The van der Waals surface area contributed by atoms with Crippen molar-refractivity contribution in [1.29, 1.82) is 0 Å². The molecule has 39 heavy (non-hydrogen) atoms. The van der Waals surface area contributed by atoms with Gasteiger partial charge in [-0.15, -0.1) is 18.3 Å².